The lowest BCUT2D eigenvalue weighted by Gasteiger charge is -2.02. The molecular weight excluding hydrogens is 164 g/mol. The van der Waals surface area contributed by atoms with Crippen molar-refractivity contribution in [2.24, 2.45) is 0 Å². The van der Waals surface area contributed by atoms with Crippen molar-refractivity contribution in [3.8, 4) is 0 Å². The molecule has 0 fully saturated rings. The SMILES string of the molecule is [B]Cc1ccnc2cc(F)ccc12. The molecule has 3 heteroatoms. The summed E-state index contributed by atoms with van der Waals surface area (Å²) in [5.41, 5.74) is 1.65. The number of hydrogen-bond donors (Lipinski definition) is 0. The molecule has 0 N–H and O–H groups in total. The Morgan fingerprint density at radius 3 is 2.92 bits per heavy atom. The first-order valence-corrected chi connectivity index (χ1v) is 4.04. The number of pyridine rings is 1. The fourth-order valence-corrected chi connectivity index (χ4v) is 1.36. The van der Waals surface area contributed by atoms with E-state index in [1.165, 1.54) is 12.1 Å². The standard InChI is InChI=1S/C10H7BFN/c11-6-7-3-4-13-10-5-8(12)1-2-9(7)10/h1-5H,6H2. The van der Waals surface area contributed by atoms with E-state index in [9.17, 15) is 4.39 Å². The molecular formula is C10H7BFN. The molecule has 2 rings (SSSR count). The van der Waals surface area contributed by atoms with Crippen LogP contribution in [0.25, 0.3) is 10.9 Å². The number of hydrogen-bond acceptors (Lipinski definition) is 1. The van der Waals surface area contributed by atoms with E-state index in [2.05, 4.69) is 4.98 Å². The van der Waals surface area contributed by atoms with E-state index in [4.69, 9.17) is 7.85 Å². The summed E-state index contributed by atoms with van der Waals surface area (Å²) in [7, 11) is 5.53. The smallest absolute Gasteiger partial charge is 0.125 e. The summed E-state index contributed by atoms with van der Waals surface area (Å²) in [5.74, 6) is -0.269. The number of aromatic nitrogens is 1. The van der Waals surface area contributed by atoms with Crippen LogP contribution in [0.2, 0.25) is 0 Å². The van der Waals surface area contributed by atoms with E-state index in [0.29, 0.717) is 11.8 Å². The van der Waals surface area contributed by atoms with Gasteiger partial charge in [-0.15, -0.1) is 0 Å². The molecule has 2 aromatic rings. The zero-order valence-electron chi connectivity index (χ0n) is 7.00. The lowest BCUT2D eigenvalue weighted by atomic mass is 9.94. The molecule has 0 aliphatic carbocycles. The normalized spacial score (nSPS) is 10.5. The minimum Gasteiger partial charge on any atom is -0.256 e. The van der Waals surface area contributed by atoms with Gasteiger partial charge >= 0.3 is 0 Å². The van der Waals surface area contributed by atoms with Gasteiger partial charge in [0.2, 0.25) is 0 Å². The fourth-order valence-electron chi connectivity index (χ4n) is 1.36. The van der Waals surface area contributed by atoms with E-state index in [1.54, 1.807) is 12.3 Å². The summed E-state index contributed by atoms with van der Waals surface area (Å²) in [5, 5.41) is 0.923. The maximum absolute atomic E-state index is 12.8. The van der Waals surface area contributed by atoms with Gasteiger partial charge in [0, 0.05) is 17.6 Å². The van der Waals surface area contributed by atoms with Crippen molar-refractivity contribution in [1.29, 1.82) is 0 Å². The van der Waals surface area contributed by atoms with Crippen LogP contribution in [0.5, 0.6) is 0 Å². The first-order valence-electron chi connectivity index (χ1n) is 4.04. The number of nitrogens with zero attached hydrogens (tertiary/aromatic N) is 1. The lowest BCUT2D eigenvalue weighted by Crippen LogP contribution is -1.89. The van der Waals surface area contributed by atoms with Crippen molar-refractivity contribution in [2.45, 2.75) is 6.32 Å². The van der Waals surface area contributed by atoms with Crippen molar-refractivity contribution >= 4 is 18.7 Å². The average Bonchev–Trinajstić information content (AvgIpc) is 2.16. The Bertz CT molecular complexity index is 442. The summed E-state index contributed by atoms with van der Waals surface area (Å²) in [6, 6.07) is 6.39. The summed E-state index contributed by atoms with van der Waals surface area (Å²) < 4.78 is 12.8. The Kier molecular flexibility index (Phi) is 2.01. The highest BCUT2D eigenvalue weighted by atomic mass is 19.1. The van der Waals surface area contributed by atoms with Gasteiger partial charge in [-0.1, -0.05) is 6.32 Å². The Labute approximate surface area is 77.0 Å². The van der Waals surface area contributed by atoms with Gasteiger partial charge in [-0.2, -0.15) is 0 Å². The maximum atomic E-state index is 12.8. The number of halogens is 1. The van der Waals surface area contributed by atoms with Crippen molar-refractivity contribution in [1.82, 2.24) is 4.98 Å². The Morgan fingerprint density at radius 2 is 2.15 bits per heavy atom. The Morgan fingerprint density at radius 1 is 1.31 bits per heavy atom. The Balaban J connectivity index is 2.77. The first-order chi connectivity index (χ1) is 6.31. The van der Waals surface area contributed by atoms with Gasteiger partial charge in [0.1, 0.15) is 5.82 Å². The molecule has 0 saturated heterocycles. The molecule has 62 valence electrons. The van der Waals surface area contributed by atoms with Crippen LogP contribution in [0, 0.1) is 5.82 Å². The second-order valence-corrected chi connectivity index (χ2v) is 2.84. The quantitative estimate of drug-likeness (QED) is 0.598. The molecule has 2 radical (unpaired) electrons. The van der Waals surface area contributed by atoms with Crippen molar-refractivity contribution in [3.05, 3.63) is 41.8 Å². The molecule has 0 aliphatic heterocycles. The van der Waals surface area contributed by atoms with E-state index in [-0.39, 0.29) is 5.82 Å². The summed E-state index contributed by atoms with van der Waals surface area (Å²) >= 11 is 0. The maximum Gasteiger partial charge on any atom is 0.125 e. The minimum atomic E-state index is -0.269. The van der Waals surface area contributed by atoms with Crippen LogP contribution in [-0.2, 0) is 6.32 Å². The highest BCUT2D eigenvalue weighted by molar-refractivity contribution is 6.09. The van der Waals surface area contributed by atoms with E-state index >= 15 is 0 Å². The highest BCUT2D eigenvalue weighted by Gasteiger charge is 2.00. The molecule has 0 amide bonds. The van der Waals surface area contributed by atoms with Gasteiger partial charge in [-0.3, -0.25) is 4.98 Å². The van der Waals surface area contributed by atoms with Crippen LogP contribution in [-0.4, -0.2) is 12.8 Å². The third kappa shape index (κ3) is 1.42. The van der Waals surface area contributed by atoms with Gasteiger partial charge in [-0.05, 0) is 23.8 Å². The summed E-state index contributed by atoms with van der Waals surface area (Å²) in [6.45, 7) is 0. The lowest BCUT2D eigenvalue weighted by molar-refractivity contribution is 0.629. The van der Waals surface area contributed by atoms with E-state index in [0.717, 1.165) is 10.9 Å². The second kappa shape index (κ2) is 3.17. The summed E-state index contributed by atoms with van der Waals surface area (Å²) in [6.07, 6.45) is 2.09. The van der Waals surface area contributed by atoms with Gasteiger partial charge in [-0.25, -0.2) is 4.39 Å². The number of fused-ring (bicyclic) bond motifs is 1. The van der Waals surface area contributed by atoms with Crippen molar-refractivity contribution in [2.75, 3.05) is 0 Å². The highest BCUT2D eigenvalue weighted by Crippen LogP contribution is 2.17. The topological polar surface area (TPSA) is 12.9 Å². The second-order valence-electron chi connectivity index (χ2n) is 2.84. The van der Waals surface area contributed by atoms with Gasteiger partial charge < -0.3 is 0 Å². The molecule has 0 unspecified atom stereocenters. The summed E-state index contributed by atoms with van der Waals surface area (Å²) in [4.78, 5) is 4.06. The molecule has 1 nitrogen and oxygen atoms in total. The molecule has 0 saturated carbocycles. The van der Waals surface area contributed by atoms with Crippen LogP contribution in [0.1, 0.15) is 5.56 Å². The molecule has 1 aromatic heterocycles. The van der Waals surface area contributed by atoms with Gasteiger partial charge in [0.25, 0.3) is 0 Å². The monoisotopic (exact) mass is 171 g/mol. The average molecular weight is 171 g/mol. The predicted octanol–water partition coefficient (Wildman–Crippen LogP) is 2.04. The van der Waals surface area contributed by atoms with E-state index in [1.807, 2.05) is 6.07 Å². The van der Waals surface area contributed by atoms with E-state index < -0.39 is 0 Å². The first kappa shape index (κ1) is 8.23. The third-order valence-electron chi connectivity index (χ3n) is 2.01. The third-order valence-corrected chi connectivity index (χ3v) is 2.01. The van der Waals surface area contributed by atoms with Gasteiger partial charge in [0.15, 0.2) is 0 Å². The number of rotatable bonds is 1. The van der Waals surface area contributed by atoms with Crippen LogP contribution in [0.15, 0.2) is 30.5 Å². The molecule has 13 heavy (non-hydrogen) atoms. The van der Waals surface area contributed by atoms with Crippen LogP contribution in [0.4, 0.5) is 4.39 Å². The molecule has 0 aliphatic rings. The van der Waals surface area contributed by atoms with Crippen LogP contribution in [0.3, 0.4) is 0 Å². The zero-order valence-corrected chi connectivity index (χ0v) is 7.00. The zero-order chi connectivity index (χ0) is 9.26. The molecule has 1 heterocycles. The van der Waals surface area contributed by atoms with Crippen molar-refractivity contribution < 1.29 is 4.39 Å². The van der Waals surface area contributed by atoms with Gasteiger partial charge in [0.05, 0.1) is 13.4 Å². The predicted molar refractivity (Wildman–Crippen MR) is 51.2 cm³/mol. The fraction of sp³-hybridized carbons (Fsp3) is 0.100. The minimum absolute atomic E-state index is 0.269. The molecule has 1 aromatic carbocycles. The van der Waals surface area contributed by atoms with Crippen LogP contribution >= 0.6 is 0 Å². The van der Waals surface area contributed by atoms with Crippen LogP contribution < -0.4 is 0 Å². The molecule has 0 atom stereocenters. The molecule has 0 bridgehead atoms. The largest absolute Gasteiger partial charge is 0.256 e. The number of benzene rings is 1. The van der Waals surface area contributed by atoms with Crippen molar-refractivity contribution in [3.63, 3.8) is 0 Å². The Hall–Kier alpha value is -1.38. The molecule has 0 spiro atoms.